The average molecular weight is 526 g/mol. The Labute approximate surface area is 219 Å². The van der Waals surface area contributed by atoms with Gasteiger partial charge in [0.15, 0.2) is 5.78 Å². The van der Waals surface area contributed by atoms with Gasteiger partial charge in [0.05, 0.1) is 24.5 Å². The van der Waals surface area contributed by atoms with Crippen molar-refractivity contribution in [2.45, 2.75) is 68.5 Å². The Kier molecular flexibility index (Phi) is 6.86. The molecule has 5 rings (SSSR count). The number of phenolic OH excluding ortho intramolecular Hbond substituents is 1. The highest BCUT2D eigenvalue weighted by Crippen LogP contribution is 2.44. The van der Waals surface area contributed by atoms with Gasteiger partial charge in [-0.25, -0.2) is 0 Å². The van der Waals surface area contributed by atoms with E-state index in [4.69, 9.17) is 19.9 Å². The van der Waals surface area contributed by atoms with Crippen LogP contribution in [0.3, 0.4) is 0 Å². The summed E-state index contributed by atoms with van der Waals surface area (Å²) >= 11 is 0. The second kappa shape index (κ2) is 9.85. The summed E-state index contributed by atoms with van der Waals surface area (Å²) in [6.07, 6.45) is -4.88. The predicted octanol–water partition coefficient (Wildman–Crippen LogP) is 0.663. The molecule has 1 saturated heterocycles. The molecule has 10 heteroatoms. The number of carbonyl (C=O) groups excluding carboxylic acids is 1. The fourth-order valence-corrected chi connectivity index (χ4v) is 5.62. The van der Waals surface area contributed by atoms with E-state index in [0.717, 1.165) is 0 Å². The molecule has 0 saturated carbocycles. The van der Waals surface area contributed by atoms with Gasteiger partial charge in [-0.1, -0.05) is 24.1 Å². The fourth-order valence-electron chi connectivity index (χ4n) is 5.62. The summed E-state index contributed by atoms with van der Waals surface area (Å²) in [5.41, 5.74) is 4.88. The minimum absolute atomic E-state index is 0.00277. The number of aliphatic hydroxyl groups excluding tert-OH is 3. The van der Waals surface area contributed by atoms with Crippen molar-refractivity contribution in [3.05, 3.63) is 41.5 Å². The number of aromatic hydroxyl groups is 1. The molecule has 1 aliphatic carbocycles. The molecule has 10 nitrogen and oxygen atoms in total. The molecule has 0 radical (unpaired) electrons. The normalized spacial score (nSPS) is 34.9. The number of hydrogen-bond donors (Lipinski definition) is 6. The van der Waals surface area contributed by atoms with Crippen molar-refractivity contribution in [1.82, 2.24) is 0 Å². The molecule has 0 amide bonds. The van der Waals surface area contributed by atoms with Crippen LogP contribution in [0.1, 0.15) is 35.2 Å². The lowest BCUT2D eigenvalue weighted by Gasteiger charge is -2.49. The summed E-state index contributed by atoms with van der Waals surface area (Å²) < 4.78 is 17.4. The largest absolute Gasteiger partial charge is 0.506 e. The lowest BCUT2D eigenvalue weighted by atomic mass is 9.70. The smallest absolute Gasteiger partial charge is 0.229 e. The van der Waals surface area contributed by atoms with Crippen LogP contribution >= 0.6 is 0 Å². The van der Waals surface area contributed by atoms with E-state index in [-0.39, 0.29) is 41.3 Å². The highest BCUT2D eigenvalue weighted by molar-refractivity contribution is 6.08. The molecule has 0 aromatic heterocycles. The third kappa shape index (κ3) is 4.31. The minimum atomic E-state index is -1.82. The molecule has 0 spiro atoms. The first-order valence-electron chi connectivity index (χ1n) is 12.4. The van der Waals surface area contributed by atoms with Gasteiger partial charge in [-0.3, -0.25) is 4.79 Å². The highest BCUT2D eigenvalue weighted by Gasteiger charge is 2.56. The van der Waals surface area contributed by atoms with Crippen LogP contribution in [-0.4, -0.2) is 80.8 Å². The number of ether oxygens (including phenoxy) is 3. The highest BCUT2D eigenvalue weighted by atomic mass is 16.7. The molecule has 2 aromatic rings. The molecule has 2 aliphatic heterocycles. The Morgan fingerprint density at radius 3 is 2.63 bits per heavy atom. The van der Waals surface area contributed by atoms with Crippen LogP contribution in [0.5, 0.6) is 17.2 Å². The summed E-state index contributed by atoms with van der Waals surface area (Å²) in [6, 6.07) is 4.41. The van der Waals surface area contributed by atoms with Gasteiger partial charge in [0, 0.05) is 24.4 Å². The van der Waals surface area contributed by atoms with Crippen LogP contribution in [0, 0.1) is 24.7 Å². The number of nitrogens with two attached hydrogens (primary N) is 1. The van der Waals surface area contributed by atoms with E-state index in [9.17, 15) is 30.3 Å². The maximum Gasteiger partial charge on any atom is 0.229 e. The van der Waals surface area contributed by atoms with Gasteiger partial charge in [-0.15, -0.1) is 5.92 Å². The van der Waals surface area contributed by atoms with Gasteiger partial charge in [-0.2, -0.15) is 0 Å². The van der Waals surface area contributed by atoms with E-state index in [1.165, 1.54) is 19.3 Å². The molecular weight excluding hydrogens is 494 g/mol. The Bertz CT molecular complexity index is 1360. The van der Waals surface area contributed by atoms with Crippen LogP contribution in [0.4, 0.5) is 0 Å². The van der Waals surface area contributed by atoms with Crippen LogP contribution < -0.4 is 15.2 Å². The standard InChI is InChI=1S/C28H31NO9/c1-13-9-14-10-17(36-2)12-19-21(14)22(31)20(13)18(30)6-4-3-5-15-11-16(29)7-8-28(15,35)26-24(33)23(32)25(34)27(37-19)38-26/h7-10,12,15-16,23-27,31-35H,5-6,11,29H2,1-2H3/t15-,16-,23+,24+,25-,26+,27+,28+/m1/s1. The zero-order valence-corrected chi connectivity index (χ0v) is 21.0. The summed E-state index contributed by atoms with van der Waals surface area (Å²) in [6.45, 7) is 1.69. The number of rotatable bonds is 1. The van der Waals surface area contributed by atoms with Crippen molar-refractivity contribution in [3.8, 4) is 29.1 Å². The Hall–Kier alpha value is -3.17. The second-order valence-corrected chi connectivity index (χ2v) is 10.2. The van der Waals surface area contributed by atoms with Crippen LogP contribution in [0.25, 0.3) is 10.8 Å². The SMILES string of the molecule is COc1cc2c3c(O)c(c(C)cc3c1)C(=O)CC#CC[C@@H]1C[C@H](N)C=C[C@@]1(O)[C@H]1O[C@H](O2)[C@H](O)[C@@H](O)[C@@H]1O. The van der Waals surface area contributed by atoms with Crippen molar-refractivity contribution in [2.24, 2.45) is 11.7 Å². The number of methoxy groups -OCH3 is 1. The number of Topliss-reactive ketones (excluding diaryl/α,β-unsaturated/α-hetero) is 1. The fraction of sp³-hybridized carbons (Fsp3) is 0.464. The van der Waals surface area contributed by atoms with Crippen molar-refractivity contribution >= 4 is 16.6 Å². The number of carbonyl (C=O) groups is 1. The van der Waals surface area contributed by atoms with Gasteiger partial charge in [0.1, 0.15) is 47.3 Å². The van der Waals surface area contributed by atoms with E-state index >= 15 is 0 Å². The lowest BCUT2D eigenvalue weighted by Crippen LogP contribution is -2.67. The van der Waals surface area contributed by atoms with E-state index in [0.29, 0.717) is 23.1 Å². The molecular formula is C28H31NO9. The summed E-state index contributed by atoms with van der Waals surface area (Å²) in [7, 11) is 1.45. The zero-order chi connectivity index (χ0) is 27.4. The number of aryl methyl sites for hydroxylation is 1. The Balaban J connectivity index is 1.71. The van der Waals surface area contributed by atoms with Gasteiger partial charge in [0.2, 0.25) is 6.29 Å². The molecule has 3 aliphatic rings. The third-order valence-corrected chi connectivity index (χ3v) is 7.67. The van der Waals surface area contributed by atoms with Crippen molar-refractivity contribution < 1.29 is 44.5 Å². The molecule has 1 fully saturated rings. The molecule has 8 atom stereocenters. The third-order valence-electron chi connectivity index (χ3n) is 7.67. The number of phenols is 1. The lowest BCUT2D eigenvalue weighted by molar-refractivity contribution is -0.304. The van der Waals surface area contributed by atoms with E-state index < -0.39 is 48.0 Å². The molecule has 4 bridgehead atoms. The van der Waals surface area contributed by atoms with Gasteiger partial charge in [-0.05, 0) is 30.4 Å². The number of fused-ring (bicyclic) bond motifs is 5. The molecule has 0 unspecified atom stereocenters. The average Bonchev–Trinajstić information content (AvgIpc) is 2.87. The molecule has 2 heterocycles. The van der Waals surface area contributed by atoms with E-state index in [1.807, 2.05) is 0 Å². The first-order valence-corrected chi connectivity index (χ1v) is 12.4. The number of benzene rings is 2. The van der Waals surface area contributed by atoms with Crippen molar-refractivity contribution in [3.63, 3.8) is 0 Å². The summed E-state index contributed by atoms with van der Waals surface area (Å²) in [4.78, 5) is 13.1. The number of ketones is 1. The number of hydrogen-bond acceptors (Lipinski definition) is 10. The number of aliphatic hydroxyl groups is 4. The molecule has 2 aromatic carbocycles. The monoisotopic (exact) mass is 525 g/mol. The molecule has 38 heavy (non-hydrogen) atoms. The van der Waals surface area contributed by atoms with Crippen molar-refractivity contribution in [2.75, 3.05) is 7.11 Å². The topological polar surface area (TPSA) is 172 Å². The van der Waals surface area contributed by atoms with Gasteiger partial charge in [0.25, 0.3) is 0 Å². The minimum Gasteiger partial charge on any atom is -0.506 e. The van der Waals surface area contributed by atoms with Crippen LogP contribution in [0.15, 0.2) is 30.4 Å². The summed E-state index contributed by atoms with van der Waals surface area (Å²) in [5, 5.41) is 56.1. The summed E-state index contributed by atoms with van der Waals surface area (Å²) in [5.74, 6) is 4.76. The van der Waals surface area contributed by atoms with Crippen LogP contribution in [-0.2, 0) is 4.74 Å². The predicted molar refractivity (Wildman–Crippen MR) is 136 cm³/mol. The first-order chi connectivity index (χ1) is 18.0. The van der Waals surface area contributed by atoms with Gasteiger partial charge >= 0.3 is 0 Å². The molecule has 202 valence electrons. The zero-order valence-electron chi connectivity index (χ0n) is 21.0. The van der Waals surface area contributed by atoms with Crippen molar-refractivity contribution in [1.29, 1.82) is 0 Å². The first kappa shape index (κ1) is 26.4. The maximum absolute atomic E-state index is 13.1. The maximum atomic E-state index is 13.1. The molecule has 7 N–H and O–H groups in total. The quantitative estimate of drug-likeness (QED) is 0.229. The van der Waals surface area contributed by atoms with Crippen LogP contribution in [0.2, 0.25) is 0 Å². The second-order valence-electron chi connectivity index (χ2n) is 10.2. The van der Waals surface area contributed by atoms with E-state index in [2.05, 4.69) is 11.8 Å². The van der Waals surface area contributed by atoms with E-state index in [1.54, 1.807) is 25.1 Å². The Morgan fingerprint density at radius 1 is 1.13 bits per heavy atom. The van der Waals surface area contributed by atoms with Gasteiger partial charge < -0.3 is 45.5 Å². The Morgan fingerprint density at radius 2 is 1.89 bits per heavy atom.